The quantitative estimate of drug-likeness (QED) is 0.752. The zero-order valence-corrected chi connectivity index (χ0v) is 15.3. The largest absolute Gasteiger partial charge is 0.536 e. The molecular weight excluding hydrogens is 300 g/mol. The molecule has 0 amide bonds. The molecule has 0 bridgehead atoms. The van der Waals surface area contributed by atoms with Crippen LogP contribution in [-0.4, -0.2) is 35.9 Å². The smallest absolute Gasteiger partial charge is 0.462 e. The van der Waals surface area contributed by atoms with Gasteiger partial charge in [0, 0.05) is 45.4 Å². The molecule has 0 saturated carbocycles. The molecule has 1 aromatic rings. The van der Waals surface area contributed by atoms with E-state index in [1.165, 1.54) is 0 Å². The summed E-state index contributed by atoms with van der Waals surface area (Å²) in [5.74, 6) is 0.784. The lowest BCUT2D eigenvalue weighted by Gasteiger charge is -2.37. The van der Waals surface area contributed by atoms with Gasteiger partial charge in [-0.1, -0.05) is 19.9 Å². The first kappa shape index (κ1) is 17.4. The van der Waals surface area contributed by atoms with Gasteiger partial charge in [-0.3, -0.25) is 0 Å². The second kappa shape index (κ2) is 6.68. The molecule has 124 valence electrons. The van der Waals surface area contributed by atoms with Crippen molar-refractivity contribution in [2.75, 3.05) is 21.3 Å². The summed E-state index contributed by atoms with van der Waals surface area (Å²) in [6.45, 7) is 6.81. The Bertz CT molecular complexity index is 507. The number of benzene rings is 1. The van der Waals surface area contributed by atoms with Crippen molar-refractivity contribution >= 4 is 14.0 Å². The Kier molecular flexibility index (Phi) is 5.29. The lowest BCUT2D eigenvalue weighted by molar-refractivity contribution is -0.202. The van der Waals surface area contributed by atoms with Gasteiger partial charge in [0.15, 0.2) is 0 Å². The van der Waals surface area contributed by atoms with Crippen LogP contribution in [0.4, 0.5) is 0 Å². The molecule has 0 aromatic heterocycles. The van der Waals surface area contributed by atoms with Crippen LogP contribution in [0, 0.1) is 5.92 Å². The molecule has 22 heavy (non-hydrogen) atoms. The summed E-state index contributed by atoms with van der Waals surface area (Å²) < 4.78 is 28.6. The standard InChI is InChI=1S/C16H26O5Si/c1-12(2)10-16(3)20-11-13-9-14(7-8-15(13)21-16)22(17-4,18-5)19-6/h7-9,12H,10-11H2,1-6H3. The molecule has 0 saturated heterocycles. The van der Waals surface area contributed by atoms with Crippen molar-refractivity contribution < 1.29 is 22.8 Å². The molecule has 2 rings (SSSR count). The zero-order valence-electron chi connectivity index (χ0n) is 14.3. The van der Waals surface area contributed by atoms with Crippen LogP contribution in [0.3, 0.4) is 0 Å². The molecule has 1 atom stereocenters. The number of hydrogen-bond acceptors (Lipinski definition) is 5. The van der Waals surface area contributed by atoms with Crippen LogP contribution in [0.2, 0.25) is 0 Å². The van der Waals surface area contributed by atoms with Gasteiger partial charge in [-0.05, 0) is 18.1 Å². The Hall–Kier alpha value is -0.923. The fourth-order valence-corrected chi connectivity index (χ4v) is 4.77. The summed E-state index contributed by atoms with van der Waals surface area (Å²) in [4.78, 5) is 0. The maximum Gasteiger partial charge on any atom is 0.536 e. The van der Waals surface area contributed by atoms with E-state index in [2.05, 4.69) is 13.8 Å². The Morgan fingerprint density at radius 1 is 1.18 bits per heavy atom. The van der Waals surface area contributed by atoms with E-state index in [1.54, 1.807) is 21.3 Å². The molecule has 0 spiro atoms. The van der Waals surface area contributed by atoms with Gasteiger partial charge in [-0.15, -0.1) is 0 Å². The lowest BCUT2D eigenvalue weighted by Crippen LogP contribution is -2.55. The van der Waals surface area contributed by atoms with E-state index < -0.39 is 14.6 Å². The molecule has 0 radical (unpaired) electrons. The zero-order chi connectivity index (χ0) is 16.4. The third-order valence-corrected chi connectivity index (χ3v) is 6.49. The van der Waals surface area contributed by atoms with E-state index in [4.69, 9.17) is 22.8 Å². The van der Waals surface area contributed by atoms with Crippen molar-refractivity contribution in [3.05, 3.63) is 23.8 Å². The van der Waals surface area contributed by atoms with Gasteiger partial charge >= 0.3 is 8.80 Å². The maximum absolute atomic E-state index is 6.07. The van der Waals surface area contributed by atoms with Gasteiger partial charge < -0.3 is 22.8 Å². The highest BCUT2D eigenvalue weighted by Crippen LogP contribution is 2.34. The Morgan fingerprint density at radius 2 is 1.82 bits per heavy atom. The molecule has 5 nitrogen and oxygen atoms in total. The maximum atomic E-state index is 6.07. The average molecular weight is 326 g/mol. The summed E-state index contributed by atoms with van der Waals surface area (Å²) in [6, 6.07) is 5.89. The van der Waals surface area contributed by atoms with E-state index in [1.807, 2.05) is 25.1 Å². The second-order valence-electron chi connectivity index (χ2n) is 6.11. The van der Waals surface area contributed by atoms with E-state index >= 15 is 0 Å². The minimum atomic E-state index is -2.83. The van der Waals surface area contributed by atoms with Crippen LogP contribution < -0.4 is 9.92 Å². The van der Waals surface area contributed by atoms with Crippen LogP contribution in [0.1, 0.15) is 32.8 Å². The molecule has 1 aliphatic heterocycles. The number of rotatable bonds is 6. The molecule has 1 aliphatic rings. The first-order chi connectivity index (χ1) is 10.4. The highest BCUT2D eigenvalue weighted by atomic mass is 28.4. The first-order valence-electron chi connectivity index (χ1n) is 7.50. The third kappa shape index (κ3) is 3.36. The van der Waals surface area contributed by atoms with Crippen molar-refractivity contribution in [3.8, 4) is 5.75 Å². The topological polar surface area (TPSA) is 46.2 Å². The summed E-state index contributed by atoms with van der Waals surface area (Å²) in [6.07, 6.45) is 0.848. The van der Waals surface area contributed by atoms with Crippen molar-refractivity contribution in [3.63, 3.8) is 0 Å². The van der Waals surface area contributed by atoms with Crippen LogP contribution in [-0.2, 0) is 24.6 Å². The molecule has 0 aliphatic carbocycles. The molecule has 0 fully saturated rings. The molecular formula is C16H26O5Si. The SMILES string of the molecule is CO[Si](OC)(OC)c1ccc2c(c1)COC(C)(CC(C)C)O2. The van der Waals surface area contributed by atoms with Gasteiger partial charge in [0.25, 0.3) is 0 Å². The molecule has 0 N–H and O–H groups in total. The van der Waals surface area contributed by atoms with Gasteiger partial charge in [-0.25, -0.2) is 0 Å². The van der Waals surface area contributed by atoms with Crippen LogP contribution in [0.25, 0.3) is 0 Å². The van der Waals surface area contributed by atoms with Crippen molar-refractivity contribution in [1.82, 2.24) is 0 Å². The molecule has 1 heterocycles. The van der Waals surface area contributed by atoms with E-state index in [0.717, 1.165) is 22.9 Å². The number of hydrogen-bond donors (Lipinski definition) is 0. The highest BCUT2D eigenvalue weighted by Gasteiger charge is 2.42. The van der Waals surface area contributed by atoms with Crippen molar-refractivity contribution in [2.45, 2.75) is 39.6 Å². The summed E-state index contributed by atoms with van der Waals surface area (Å²) in [5.41, 5.74) is 0.988. The molecule has 1 aromatic carbocycles. The fourth-order valence-electron chi connectivity index (χ4n) is 2.92. The van der Waals surface area contributed by atoms with Crippen molar-refractivity contribution in [2.24, 2.45) is 5.92 Å². The van der Waals surface area contributed by atoms with Crippen molar-refractivity contribution in [1.29, 1.82) is 0 Å². The summed E-state index contributed by atoms with van der Waals surface area (Å²) >= 11 is 0. The highest BCUT2D eigenvalue weighted by molar-refractivity contribution is 6.75. The Morgan fingerprint density at radius 3 is 2.36 bits per heavy atom. The molecule has 1 unspecified atom stereocenters. The van der Waals surface area contributed by atoms with Gasteiger partial charge in [0.1, 0.15) is 5.75 Å². The first-order valence-corrected chi connectivity index (χ1v) is 9.22. The van der Waals surface area contributed by atoms with E-state index in [0.29, 0.717) is 12.5 Å². The van der Waals surface area contributed by atoms with Crippen LogP contribution in [0.5, 0.6) is 5.75 Å². The van der Waals surface area contributed by atoms with E-state index in [-0.39, 0.29) is 0 Å². The van der Waals surface area contributed by atoms with E-state index in [9.17, 15) is 0 Å². The van der Waals surface area contributed by atoms with Gasteiger partial charge in [0.05, 0.1) is 6.61 Å². The average Bonchev–Trinajstić information content (AvgIpc) is 2.48. The minimum Gasteiger partial charge on any atom is -0.462 e. The third-order valence-electron chi connectivity index (χ3n) is 3.86. The number of fused-ring (bicyclic) bond motifs is 1. The van der Waals surface area contributed by atoms with Crippen LogP contribution >= 0.6 is 0 Å². The molecule has 6 heteroatoms. The lowest BCUT2D eigenvalue weighted by atomic mass is 10.0. The summed E-state index contributed by atoms with van der Waals surface area (Å²) in [5, 5.41) is 0.901. The second-order valence-corrected chi connectivity index (χ2v) is 9.03. The fraction of sp³-hybridized carbons (Fsp3) is 0.625. The normalized spacial score (nSPS) is 21.6. The van der Waals surface area contributed by atoms with Gasteiger partial charge in [0.2, 0.25) is 5.79 Å². The monoisotopic (exact) mass is 326 g/mol. The van der Waals surface area contributed by atoms with Crippen LogP contribution in [0.15, 0.2) is 18.2 Å². The summed E-state index contributed by atoms with van der Waals surface area (Å²) in [7, 11) is 1.98. The predicted molar refractivity (Wildman–Crippen MR) is 86.1 cm³/mol. The number of ether oxygens (including phenoxy) is 2. The minimum absolute atomic E-state index is 0.501. The predicted octanol–water partition coefficient (Wildman–Crippen LogP) is 2.44. The van der Waals surface area contributed by atoms with Gasteiger partial charge in [-0.2, -0.15) is 0 Å². The Balaban J connectivity index is 2.28. The Labute approximate surface area is 133 Å².